The Kier molecular flexibility index (Phi) is 3.33. The molecule has 0 radical (unpaired) electrons. The van der Waals surface area contributed by atoms with E-state index in [2.05, 4.69) is 16.4 Å². The van der Waals surface area contributed by atoms with Gasteiger partial charge >= 0.3 is 0 Å². The molecule has 4 nitrogen and oxygen atoms in total. The van der Waals surface area contributed by atoms with Gasteiger partial charge in [-0.05, 0) is 38.8 Å². The average molecular weight is 277 g/mol. The largest absolute Gasteiger partial charge is 0.397 e. The van der Waals surface area contributed by atoms with Crippen LogP contribution in [-0.2, 0) is 4.74 Å². The van der Waals surface area contributed by atoms with E-state index in [1.165, 1.54) is 0 Å². The number of ether oxygens (including phenoxy) is 1. The quantitative estimate of drug-likeness (QED) is 0.843. The fourth-order valence-electron chi connectivity index (χ4n) is 2.50. The molecule has 3 rings (SSSR count). The minimum absolute atomic E-state index is 0.411. The molecule has 0 saturated heterocycles. The van der Waals surface area contributed by atoms with Crippen molar-refractivity contribution in [1.29, 1.82) is 0 Å². The van der Waals surface area contributed by atoms with Crippen LogP contribution in [0.1, 0.15) is 24.8 Å². The Hall–Kier alpha value is -1.33. The maximum atomic E-state index is 6.10. The van der Waals surface area contributed by atoms with E-state index in [1.54, 1.807) is 11.3 Å². The number of anilines is 2. The van der Waals surface area contributed by atoms with Crippen LogP contribution in [0.4, 0.5) is 11.4 Å². The second kappa shape index (κ2) is 4.98. The molecule has 3 N–H and O–H groups in total. The van der Waals surface area contributed by atoms with Crippen LogP contribution in [0.2, 0.25) is 0 Å². The first kappa shape index (κ1) is 12.7. The topological polar surface area (TPSA) is 60.2 Å². The number of aryl methyl sites for hydroxylation is 1. The lowest BCUT2D eigenvalue weighted by atomic mass is 9.89. The number of thiazole rings is 1. The van der Waals surface area contributed by atoms with Crippen molar-refractivity contribution in [3.8, 4) is 0 Å². The Morgan fingerprint density at radius 2 is 2.26 bits per heavy atom. The van der Waals surface area contributed by atoms with Crippen LogP contribution >= 0.6 is 11.3 Å². The van der Waals surface area contributed by atoms with Gasteiger partial charge in [0.25, 0.3) is 0 Å². The van der Waals surface area contributed by atoms with Crippen molar-refractivity contribution in [2.75, 3.05) is 17.7 Å². The van der Waals surface area contributed by atoms with Crippen molar-refractivity contribution in [3.05, 3.63) is 17.1 Å². The Morgan fingerprint density at radius 3 is 3.00 bits per heavy atom. The van der Waals surface area contributed by atoms with E-state index >= 15 is 0 Å². The molecule has 1 aliphatic rings. The van der Waals surface area contributed by atoms with Gasteiger partial charge in [-0.2, -0.15) is 0 Å². The van der Waals surface area contributed by atoms with Crippen molar-refractivity contribution in [2.24, 2.45) is 0 Å². The molecule has 0 spiro atoms. The second-order valence-electron chi connectivity index (χ2n) is 5.03. The van der Waals surface area contributed by atoms with E-state index in [-0.39, 0.29) is 0 Å². The highest BCUT2D eigenvalue weighted by Crippen LogP contribution is 2.33. The number of nitrogens with zero attached hydrogens (tertiary/aromatic N) is 1. The SMILES string of the molecule is CCOC1CC(Nc2cc3nc(C)sc3cc2N)C1. The van der Waals surface area contributed by atoms with E-state index in [0.29, 0.717) is 12.1 Å². The molecular weight excluding hydrogens is 258 g/mol. The fraction of sp³-hybridized carbons (Fsp3) is 0.500. The molecule has 5 heteroatoms. The highest BCUT2D eigenvalue weighted by molar-refractivity contribution is 7.18. The standard InChI is InChI=1S/C14H19N3OS/c1-3-18-10-4-9(5-10)17-12-7-13-14(6-11(12)15)19-8(2)16-13/h6-7,9-10,17H,3-5,15H2,1-2H3. The summed E-state index contributed by atoms with van der Waals surface area (Å²) in [5.74, 6) is 0. The monoisotopic (exact) mass is 277 g/mol. The van der Waals surface area contributed by atoms with Gasteiger partial charge in [-0.15, -0.1) is 11.3 Å². The highest BCUT2D eigenvalue weighted by atomic mass is 32.1. The number of nitrogens with two attached hydrogens (primary N) is 1. The smallest absolute Gasteiger partial charge is 0.0907 e. The van der Waals surface area contributed by atoms with E-state index in [9.17, 15) is 0 Å². The van der Waals surface area contributed by atoms with Crippen molar-refractivity contribution < 1.29 is 4.74 Å². The molecule has 1 fully saturated rings. The summed E-state index contributed by atoms with van der Waals surface area (Å²) in [6.45, 7) is 4.85. The summed E-state index contributed by atoms with van der Waals surface area (Å²) >= 11 is 1.68. The van der Waals surface area contributed by atoms with Crippen LogP contribution < -0.4 is 11.1 Å². The predicted octanol–water partition coefficient (Wildman–Crippen LogP) is 3.17. The van der Waals surface area contributed by atoms with Gasteiger partial charge in [-0.3, -0.25) is 0 Å². The summed E-state index contributed by atoms with van der Waals surface area (Å²) in [5, 5.41) is 4.57. The van der Waals surface area contributed by atoms with Crippen molar-refractivity contribution in [3.63, 3.8) is 0 Å². The molecule has 0 bridgehead atoms. The third-order valence-corrected chi connectivity index (χ3v) is 4.46. The summed E-state index contributed by atoms with van der Waals surface area (Å²) in [5.41, 5.74) is 8.93. The predicted molar refractivity (Wildman–Crippen MR) is 80.8 cm³/mol. The normalized spacial score (nSPS) is 22.4. The van der Waals surface area contributed by atoms with Crippen molar-refractivity contribution in [2.45, 2.75) is 38.8 Å². The third kappa shape index (κ3) is 2.53. The summed E-state index contributed by atoms with van der Waals surface area (Å²) < 4.78 is 6.72. The molecule has 0 amide bonds. The molecule has 1 saturated carbocycles. The lowest BCUT2D eigenvalue weighted by molar-refractivity contribution is 0.00301. The molecule has 1 aliphatic carbocycles. The van der Waals surface area contributed by atoms with Gasteiger partial charge in [0.1, 0.15) is 0 Å². The molecule has 0 atom stereocenters. The number of hydrogen-bond acceptors (Lipinski definition) is 5. The van der Waals surface area contributed by atoms with Gasteiger partial charge in [0.05, 0.1) is 32.7 Å². The number of aromatic nitrogens is 1. The zero-order valence-electron chi connectivity index (χ0n) is 11.3. The Morgan fingerprint density at radius 1 is 1.47 bits per heavy atom. The van der Waals surface area contributed by atoms with E-state index < -0.39 is 0 Å². The minimum atomic E-state index is 0.411. The molecule has 1 aromatic carbocycles. The molecule has 102 valence electrons. The van der Waals surface area contributed by atoms with Crippen LogP contribution in [-0.4, -0.2) is 23.7 Å². The van der Waals surface area contributed by atoms with Crippen LogP contribution in [0.5, 0.6) is 0 Å². The molecule has 19 heavy (non-hydrogen) atoms. The van der Waals surface area contributed by atoms with Gasteiger partial charge in [-0.1, -0.05) is 0 Å². The molecule has 1 heterocycles. The molecule has 0 aliphatic heterocycles. The molecule has 2 aromatic rings. The third-order valence-electron chi connectivity index (χ3n) is 3.52. The van der Waals surface area contributed by atoms with Gasteiger partial charge in [-0.25, -0.2) is 4.98 Å². The van der Waals surface area contributed by atoms with Gasteiger partial charge in [0, 0.05) is 12.6 Å². The number of fused-ring (bicyclic) bond motifs is 1. The van der Waals surface area contributed by atoms with E-state index in [0.717, 1.165) is 46.0 Å². The van der Waals surface area contributed by atoms with E-state index in [1.807, 2.05) is 19.9 Å². The summed E-state index contributed by atoms with van der Waals surface area (Å²) in [6, 6.07) is 4.54. The lowest BCUT2D eigenvalue weighted by Gasteiger charge is -2.36. The molecule has 0 unspecified atom stereocenters. The molecular formula is C14H19N3OS. The van der Waals surface area contributed by atoms with Crippen molar-refractivity contribution >= 4 is 32.9 Å². The van der Waals surface area contributed by atoms with Crippen LogP contribution in [0.15, 0.2) is 12.1 Å². The average Bonchev–Trinajstić information content (AvgIpc) is 2.66. The van der Waals surface area contributed by atoms with Gasteiger partial charge in [0.15, 0.2) is 0 Å². The van der Waals surface area contributed by atoms with Crippen LogP contribution in [0, 0.1) is 6.92 Å². The first-order chi connectivity index (χ1) is 9.15. The van der Waals surface area contributed by atoms with Crippen molar-refractivity contribution in [1.82, 2.24) is 4.98 Å². The lowest BCUT2D eigenvalue weighted by Crippen LogP contribution is -2.40. The number of benzene rings is 1. The Bertz CT molecular complexity index is 590. The first-order valence-electron chi connectivity index (χ1n) is 6.70. The summed E-state index contributed by atoms with van der Waals surface area (Å²) in [4.78, 5) is 4.51. The van der Waals surface area contributed by atoms with E-state index in [4.69, 9.17) is 10.5 Å². The Labute approximate surface area is 117 Å². The molecule has 1 aromatic heterocycles. The zero-order valence-corrected chi connectivity index (χ0v) is 12.1. The number of nitrogens with one attached hydrogen (secondary N) is 1. The highest BCUT2D eigenvalue weighted by Gasteiger charge is 2.29. The second-order valence-corrected chi connectivity index (χ2v) is 6.26. The minimum Gasteiger partial charge on any atom is -0.397 e. The van der Waals surface area contributed by atoms with Gasteiger partial charge < -0.3 is 15.8 Å². The maximum Gasteiger partial charge on any atom is 0.0907 e. The number of nitrogen functional groups attached to an aromatic ring is 1. The van der Waals surface area contributed by atoms with Crippen LogP contribution in [0.3, 0.4) is 0 Å². The van der Waals surface area contributed by atoms with Gasteiger partial charge in [0.2, 0.25) is 0 Å². The summed E-state index contributed by atoms with van der Waals surface area (Å²) in [6.07, 6.45) is 2.52. The maximum absolute atomic E-state index is 6.10. The zero-order chi connectivity index (χ0) is 13.4. The first-order valence-corrected chi connectivity index (χ1v) is 7.52. The number of rotatable bonds is 4. The van der Waals surface area contributed by atoms with Crippen LogP contribution in [0.25, 0.3) is 10.2 Å². The summed E-state index contributed by atoms with van der Waals surface area (Å²) in [7, 11) is 0. The number of hydrogen-bond donors (Lipinski definition) is 2. The fourth-order valence-corrected chi connectivity index (χ4v) is 3.36. The Balaban J connectivity index is 1.73.